The van der Waals surface area contributed by atoms with Crippen molar-refractivity contribution in [2.75, 3.05) is 10.6 Å². The molecule has 110 valence electrons. The molecule has 0 aliphatic carbocycles. The van der Waals surface area contributed by atoms with Gasteiger partial charge >= 0.3 is 0 Å². The van der Waals surface area contributed by atoms with E-state index in [2.05, 4.69) is 25.6 Å². The van der Waals surface area contributed by atoms with Crippen LogP contribution in [0.4, 0.5) is 23.3 Å². The molecule has 0 aliphatic heterocycles. The highest BCUT2D eigenvalue weighted by Crippen LogP contribution is 2.19. The first-order valence-electron chi connectivity index (χ1n) is 6.76. The molecule has 1 heterocycles. The van der Waals surface area contributed by atoms with Crippen LogP contribution in [0.25, 0.3) is 0 Å². The number of anilines is 4. The topological polar surface area (TPSA) is 62.7 Å². The number of benzene rings is 2. The number of hydrogen-bond acceptors (Lipinski definition) is 5. The summed E-state index contributed by atoms with van der Waals surface area (Å²) < 4.78 is 0. The molecule has 22 heavy (non-hydrogen) atoms. The maximum atomic E-state index is 5.98. The fraction of sp³-hybridized carbons (Fsp3) is 0.0625. The van der Waals surface area contributed by atoms with E-state index < -0.39 is 0 Å². The van der Waals surface area contributed by atoms with Gasteiger partial charge in [0.05, 0.1) is 0 Å². The van der Waals surface area contributed by atoms with Crippen molar-refractivity contribution in [3.63, 3.8) is 0 Å². The molecule has 0 saturated heterocycles. The van der Waals surface area contributed by atoms with E-state index in [0.717, 1.165) is 11.4 Å². The molecule has 0 spiro atoms. The zero-order valence-corrected chi connectivity index (χ0v) is 12.7. The molecular formula is C16H14ClN5. The predicted molar refractivity (Wildman–Crippen MR) is 89.0 cm³/mol. The first-order valence-corrected chi connectivity index (χ1v) is 7.14. The number of rotatable bonds is 4. The second kappa shape index (κ2) is 6.41. The van der Waals surface area contributed by atoms with Crippen LogP contribution in [0, 0.1) is 6.92 Å². The van der Waals surface area contributed by atoms with Crippen molar-refractivity contribution in [2.24, 2.45) is 0 Å². The van der Waals surface area contributed by atoms with Crippen LogP contribution >= 0.6 is 11.6 Å². The predicted octanol–water partition coefficient (Wildman–Crippen LogP) is 4.32. The first-order chi connectivity index (χ1) is 10.7. The largest absolute Gasteiger partial charge is 0.324 e. The molecular weight excluding hydrogens is 298 g/mol. The van der Waals surface area contributed by atoms with Gasteiger partial charge in [-0.1, -0.05) is 35.9 Å². The molecule has 3 aromatic rings. The highest BCUT2D eigenvalue weighted by atomic mass is 35.5. The van der Waals surface area contributed by atoms with E-state index in [-0.39, 0.29) is 0 Å². The second-order valence-electron chi connectivity index (χ2n) is 4.66. The van der Waals surface area contributed by atoms with Gasteiger partial charge in [0.2, 0.25) is 11.9 Å². The summed E-state index contributed by atoms with van der Waals surface area (Å²) >= 11 is 5.98. The van der Waals surface area contributed by atoms with Crippen LogP contribution in [0.2, 0.25) is 5.02 Å². The minimum absolute atomic E-state index is 0.466. The van der Waals surface area contributed by atoms with Crippen LogP contribution in [0.5, 0.6) is 0 Å². The third-order valence-electron chi connectivity index (χ3n) is 2.86. The van der Waals surface area contributed by atoms with Gasteiger partial charge in [0.15, 0.2) is 0 Å². The summed E-state index contributed by atoms with van der Waals surface area (Å²) in [7, 11) is 0. The Balaban J connectivity index is 1.83. The number of aromatic nitrogens is 3. The SMILES string of the molecule is Cc1nc(Nc2ccccc2)nc(Nc2cccc(Cl)c2)n1. The van der Waals surface area contributed by atoms with Gasteiger partial charge in [-0.25, -0.2) is 0 Å². The number of halogens is 1. The summed E-state index contributed by atoms with van der Waals surface area (Å²) in [6.07, 6.45) is 0. The summed E-state index contributed by atoms with van der Waals surface area (Å²) in [6.45, 7) is 1.82. The van der Waals surface area contributed by atoms with E-state index >= 15 is 0 Å². The summed E-state index contributed by atoms with van der Waals surface area (Å²) in [5.74, 6) is 1.58. The Morgan fingerprint density at radius 3 is 2.09 bits per heavy atom. The zero-order valence-electron chi connectivity index (χ0n) is 11.9. The molecule has 6 heteroatoms. The van der Waals surface area contributed by atoms with Crippen LogP contribution in [0.1, 0.15) is 5.82 Å². The minimum atomic E-state index is 0.466. The van der Waals surface area contributed by atoms with E-state index in [0.29, 0.717) is 22.7 Å². The third-order valence-corrected chi connectivity index (χ3v) is 3.09. The van der Waals surface area contributed by atoms with Crippen molar-refractivity contribution in [3.05, 3.63) is 65.4 Å². The van der Waals surface area contributed by atoms with Crippen molar-refractivity contribution in [1.29, 1.82) is 0 Å². The normalized spacial score (nSPS) is 10.3. The van der Waals surface area contributed by atoms with Crippen molar-refractivity contribution in [3.8, 4) is 0 Å². The number of aryl methyl sites for hydroxylation is 1. The first kappa shape index (κ1) is 14.3. The van der Waals surface area contributed by atoms with Crippen molar-refractivity contribution in [2.45, 2.75) is 6.92 Å². The Kier molecular flexibility index (Phi) is 4.16. The van der Waals surface area contributed by atoms with Gasteiger partial charge in [0, 0.05) is 16.4 Å². The van der Waals surface area contributed by atoms with Crippen LogP contribution in [-0.4, -0.2) is 15.0 Å². The van der Waals surface area contributed by atoms with Gasteiger partial charge in [0.1, 0.15) is 5.82 Å². The van der Waals surface area contributed by atoms with Crippen molar-refractivity contribution < 1.29 is 0 Å². The quantitative estimate of drug-likeness (QED) is 0.751. The van der Waals surface area contributed by atoms with Gasteiger partial charge in [-0.2, -0.15) is 15.0 Å². The molecule has 0 saturated carbocycles. The maximum absolute atomic E-state index is 5.98. The molecule has 0 amide bonds. The van der Waals surface area contributed by atoms with Crippen LogP contribution < -0.4 is 10.6 Å². The summed E-state index contributed by atoms with van der Waals surface area (Å²) in [6, 6.07) is 17.1. The number of nitrogens with one attached hydrogen (secondary N) is 2. The Labute approximate surface area is 133 Å². The lowest BCUT2D eigenvalue weighted by Gasteiger charge is -2.09. The summed E-state index contributed by atoms with van der Waals surface area (Å²) in [5, 5.41) is 6.93. The Morgan fingerprint density at radius 1 is 0.773 bits per heavy atom. The van der Waals surface area contributed by atoms with Gasteiger partial charge in [-0.3, -0.25) is 0 Å². The Hall–Kier alpha value is -2.66. The van der Waals surface area contributed by atoms with E-state index in [1.165, 1.54) is 0 Å². The summed E-state index contributed by atoms with van der Waals surface area (Å²) in [5.41, 5.74) is 1.74. The van der Waals surface area contributed by atoms with Gasteiger partial charge in [0.25, 0.3) is 0 Å². The molecule has 5 nitrogen and oxygen atoms in total. The molecule has 0 radical (unpaired) electrons. The highest BCUT2D eigenvalue weighted by Gasteiger charge is 2.05. The smallest absolute Gasteiger partial charge is 0.232 e. The fourth-order valence-electron chi connectivity index (χ4n) is 1.94. The average Bonchev–Trinajstić information content (AvgIpc) is 2.47. The third kappa shape index (κ3) is 3.71. The maximum Gasteiger partial charge on any atom is 0.232 e. The number of hydrogen-bond donors (Lipinski definition) is 2. The highest BCUT2D eigenvalue weighted by molar-refractivity contribution is 6.30. The van der Waals surface area contributed by atoms with Crippen LogP contribution in [-0.2, 0) is 0 Å². The number of para-hydroxylation sites is 1. The molecule has 1 aromatic heterocycles. The lowest BCUT2D eigenvalue weighted by molar-refractivity contribution is 0.989. The van der Waals surface area contributed by atoms with E-state index in [1.54, 1.807) is 0 Å². The standard InChI is InChI=1S/C16H14ClN5/c1-11-18-15(20-13-7-3-2-4-8-13)22-16(19-11)21-14-9-5-6-12(17)10-14/h2-10H,1H3,(H2,18,19,20,21,22). The molecule has 0 unspecified atom stereocenters. The fourth-order valence-corrected chi connectivity index (χ4v) is 2.13. The van der Waals surface area contributed by atoms with Crippen molar-refractivity contribution >= 4 is 34.9 Å². The summed E-state index contributed by atoms with van der Waals surface area (Å²) in [4.78, 5) is 12.9. The van der Waals surface area contributed by atoms with Crippen LogP contribution in [0.15, 0.2) is 54.6 Å². The second-order valence-corrected chi connectivity index (χ2v) is 5.09. The Morgan fingerprint density at radius 2 is 1.41 bits per heavy atom. The molecule has 3 rings (SSSR count). The monoisotopic (exact) mass is 311 g/mol. The molecule has 0 atom stereocenters. The zero-order chi connectivity index (χ0) is 15.4. The van der Waals surface area contributed by atoms with E-state index in [1.807, 2.05) is 61.5 Å². The molecule has 0 bridgehead atoms. The van der Waals surface area contributed by atoms with Gasteiger partial charge in [-0.05, 0) is 37.3 Å². The molecule has 2 aromatic carbocycles. The molecule has 0 aliphatic rings. The molecule has 2 N–H and O–H groups in total. The van der Waals surface area contributed by atoms with Crippen molar-refractivity contribution in [1.82, 2.24) is 15.0 Å². The van der Waals surface area contributed by atoms with E-state index in [9.17, 15) is 0 Å². The lowest BCUT2D eigenvalue weighted by Crippen LogP contribution is -2.05. The minimum Gasteiger partial charge on any atom is -0.324 e. The van der Waals surface area contributed by atoms with Gasteiger partial charge < -0.3 is 10.6 Å². The average molecular weight is 312 g/mol. The Bertz CT molecular complexity index is 776. The van der Waals surface area contributed by atoms with E-state index in [4.69, 9.17) is 11.6 Å². The van der Waals surface area contributed by atoms with Crippen LogP contribution in [0.3, 0.4) is 0 Å². The number of nitrogens with zero attached hydrogens (tertiary/aromatic N) is 3. The van der Waals surface area contributed by atoms with Gasteiger partial charge in [-0.15, -0.1) is 0 Å². The molecule has 0 fully saturated rings. The lowest BCUT2D eigenvalue weighted by atomic mass is 10.3.